The number of anilines is 4. The number of ether oxygens (including phenoxy) is 1. The minimum Gasteiger partial charge on any atom is -0.744 e. The molecule has 0 saturated heterocycles. The van der Waals surface area contributed by atoms with Gasteiger partial charge >= 0.3 is 88.7 Å². The average molecular weight is 725 g/mol. The molecule has 3 rings (SSSR count). The van der Waals surface area contributed by atoms with Crippen molar-refractivity contribution < 1.29 is 142 Å². The second kappa shape index (κ2) is 15.4. The Kier molecular flexibility index (Phi) is 15.3. The SMILES string of the molecule is COc1cc(N)c(S(=O)(=O)[O-])cc1NC1=C(Cl)C(=O)C(Nc2cc(S(=O)(=O)[O-])c(N)c(S(=O)(=O)[O-])c2)=C(Cl)C1=O.[Na+].[Na+].[Na+]. The van der Waals surface area contributed by atoms with Crippen LogP contribution in [0.1, 0.15) is 0 Å². The third-order valence-corrected chi connectivity index (χ3v) is 8.43. The largest absolute Gasteiger partial charge is 1.00 e. The number of rotatable bonds is 8. The van der Waals surface area contributed by atoms with E-state index in [0.717, 1.165) is 13.2 Å². The molecule has 16 nitrogen and oxygen atoms in total. The molecule has 0 saturated carbocycles. The van der Waals surface area contributed by atoms with Crippen LogP contribution in [0.15, 0.2) is 60.4 Å². The van der Waals surface area contributed by atoms with E-state index in [1.165, 1.54) is 0 Å². The molecule has 0 aromatic heterocycles. The number of allylic oxidation sites excluding steroid dienone is 2. The summed E-state index contributed by atoms with van der Waals surface area (Å²) in [7, 11) is -14.9. The molecule has 0 aliphatic heterocycles. The van der Waals surface area contributed by atoms with Crippen molar-refractivity contribution in [3.8, 4) is 5.75 Å². The standard InChI is InChI=1S/C19H16Cl2N4O12S3.3Na/c1-37-9-4-7(22)10(38(28,29)30)5-8(9)25-17-14(21)18(26)16(13(20)19(17)27)24-6-2-11(39(31,32)33)15(23)12(3-6)40(34,35)36;;;/h2-5,24-25H,22-23H2,1H3,(H,28,29,30)(H,31,32,33)(H,34,35,36);;;/q;3*+1/p-3. The molecule has 2 aromatic carbocycles. The number of methoxy groups -OCH3 is 1. The van der Waals surface area contributed by atoms with Crippen molar-refractivity contribution in [1.82, 2.24) is 0 Å². The van der Waals surface area contributed by atoms with Crippen molar-refractivity contribution in [3.05, 3.63) is 45.7 Å². The van der Waals surface area contributed by atoms with Crippen LogP contribution >= 0.6 is 23.2 Å². The monoisotopic (exact) mass is 724 g/mol. The van der Waals surface area contributed by atoms with Gasteiger partial charge in [-0.25, -0.2) is 25.3 Å². The summed E-state index contributed by atoms with van der Waals surface area (Å²) in [6, 6.07) is 2.61. The number of Topliss-reactive ketones (excluding diaryl/α,β-unsaturated/α-hetero) is 2. The van der Waals surface area contributed by atoms with Crippen molar-refractivity contribution in [3.63, 3.8) is 0 Å². The predicted octanol–water partition coefficient (Wildman–Crippen LogP) is -8.84. The van der Waals surface area contributed by atoms with E-state index in [2.05, 4.69) is 10.6 Å². The molecular weight excluding hydrogens is 712 g/mol. The molecule has 0 heterocycles. The molecule has 0 atom stereocenters. The fourth-order valence-electron chi connectivity index (χ4n) is 3.29. The summed E-state index contributed by atoms with van der Waals surface area (Å²) in [6.07, 6.45) is 0. The normalized spacial score (nSPS) is 13.9. The molecule has 6 N–H and O–H groups in total. The zero-order chi connectivity index (χ0) is 30.5. The Morgan fingerprint density at radius 1 is 0.698 bits per heavy atom. The maximum absolute atomic E-state index is 13.0. The van der Waals surface area contributed by atoms with Crippen molar-refractivity contribution in [1.29, 1.82) is 0 Å². The number of ketones is 2. The number of benzene rings is 2. The molecule has 2 aromatic rings. The van der Waals surface area contributed by atoms with Crippen LogP contribution in [-0.2, 0) is 39.9 Å². The Morgan fingerprint density at radius 3 is 1.47 bits per heavy atom. The minimum atomic E-state index is -5.45. The van der Waals surface area contributed by atoms with Gasteiger partial charge in [0.05, 0.1) is 38.9 Å². The third-order valence-electron chi connectivity index (χ3n) is 5.06. The Hall–Kier alpha value is -0.430. The van der Waals surface area contributed by atoms with Crippen LogP contribution in [-0.4, -0.2) is 57.6 Å². The van der Waals surface area contributed by atoms with Gasteiger partial charge in [-0.3, -0.25) is 9.59 Å². The molecule has 0 bridgehead atoms. The maximum atomic E-state index is 13.0. The molecule has 1 aliphatic carbocycles. The Labute approximate surface area is 321 Å². The fraction of sp³-hybridized carbons (Fsp3) is 0.0526. The van der Waals surface area contributed by atoms with Crippen LogP contribution in [0.3, 0.4) is 0 Å². The van der Waals surface area contributed by atoms with Gasteiger partial charge in [-0.2, -0.15) is 0 Å². The number of hydrogen-bond donors (Lipinski definition) is 4. The second-order valence-corrected chi connectivity index (χ2v) is 12.4. The summed E-state index contributed by atoms with van der Waals surface area (Å²) in [4.78, 5) is 22.4. The quantitative estimate of drug-likeness (QED) is 0.0850. The van der Waals surface area contributed by atoms with E-state index in [1.54, 1.807) is 0 Å². The number of hydrogen-bond acceptors (Lipinski definition) is 16. The van der Waals surface area contributed by atoms with Crippen LogP contribution < -0.4 is 116 Å². The molecular formula is C19H13Cl2N4Na3O12S3. The van der Waals surface area contributed by atoms with Gasteiger partial charge in [0, 0.05) is 11.8 Å². The molecule has 216 valence electrons. The molecule has 0 unspecified atom stereocenters. The average Bonchev–Trinajstić information content (AvgIpc) is 2.82. The van der Waals surface area contributed by atoms with Gasteiger partial charge in [0.15, 0.2) is 0 Å². The zero-order valence-electron chi connectivity index (χ0n) is 22.3. The van der Waals surface area contributed by atoms with Gasteiger partial charge in [0.2, 0.25) is 11.6 Å². The maximum Gasteiger partial charge on any atom is 1.00 e. The predicted molar refractivity (Wildman–Crippen MR) is 135 cm³/mol. The van der Waals surface area contributed by atoms with Crippen molar-refractivity contribution in [2.24, 2.45) is 0 Å². The van der Waals surface area contributed by atoms with Gasteiger partial charge in [0.1, 0.15) is 57.6 Å². The second-order valence-electron chi connectivity index (χ2n) is 7.63. The zero-order valence-corrected chi connectivity index (χ0v) is 32.3. The molecule has 0 fully saturated rings. The van der Waals surface area contributed by atoms with E-state index in [1.807, 2.05) is 0 Å². The Bertz CT molecular complexity index is 1850. The van der Waals surface area contributed by atoms with Crippen LogP contribution in [0.2, 0.25) is 0 Å². The Morgan fingerprint density at radius 2 is 1.09 bits per heavy atom. The summed E-state index contributed by atoms with van der Waals surface area (Å²) in [5.74, 6) is -2.66. The number of nitrogens with one attached hydrogen (secondary N) is 2. The number of carbonyl (C=O) groups excluding carboxylic acids is 2. The number of carbonyl (C=O) groups is 2. The van der Waals surface area contributed by atoms with Gasteiger partial charge < -0.3 is 40.5 Å². The van der Waals surface area contributed by atoms with Gasteiger partial charge in [-0.1, -0.05) is 23.2 Å². The first kappa shape index (κ1) is 42.6. The summed E-state index contributed by atoms with van der Waals surface area (Å²) in [5.41, 5.74) is 6.64. The molecule has 24 heteroatoms. The van der Waals surface area contributed by atoms with Crippen molar-refractivity contribution in [2.75, 3.05) is 29.2 Å². The molecule has 0 spiro atoms. The van der Waals surface area contributed by atoms with Crippen LogP contribution in [0.5, 0.6) is 5.75 Å². The van der Waals surface area contributed by atoms with Crippen molar-refractivity contribution >= 4 is 87.9 Å². The Balaban J connectivity index is 0.00000588. The van der Waals surface area contributed by atoms with Gasteiger partial charge in [0.25, 0.3) is 0 Å². The third kappa shape index (κ3) is 9.32. The van der Waals surface area contributed by atoms with Gasteiger partial charge in [-0.05, 0) is 18.2 Å². The molecule has 43 heavy (non-hydrogen) atoms. The first-order chi connectivity index (χ1) is 18.2. The van der Waals surface area contributed by atoms with Crippen LogP contribution in [0.25, 0.3) is 0 Å². The summed E-state index contributed by atoms with van der Waals surface area (Å²) in [6.45, 7) is 0. The molecule has 0 amide bonds. The van der Waals surface area contributed by atoms with Crippen LogP contribution in [0, 0.1) is 0 Å². The molecule has 1 aliphatic rings. The summed E-state index contributed by atoms with van der Waals surface area (Å²) < 4.78 is 109. The first-order valence-electron chi connectivity index (χ1n) is 9.90. The number of nitrogens with two attached hydrogens (primary N) is 2. The van der Waals surface area contributed by atoms with E-state index in [0.29, 0.717) is 18.2 Å². The topological polar surface area (TPSA) is 291 Å². The summed E-state index contributed by atoms with van der Waals surface area (Å²) >= 11 is 12.1. The van der Waals surface area contributed by atoms with E-state index in [9.17, 15) is 48.5 Å². The van der Waals surface area contributed by atoms with E-state index >= 15 is 0 Å². The number of nitrogen functional groups attached to an aromatic ring is 2. The fourth-order valence-corrected chi connectivity index (χ4v) is 5.72. The van der Waals surface area contributed by atoms with E-state index in [4.69, 9.17) is 39.4 Å². The van der Waals surface area contributed by atoms with Crippen molar-refractivity contribution in [2.45, 2.75) is 14.7 Å². The molecule has 0 radical (unpaired) electrons. The first-order valence-corrected chi connectivity index (χ1v) is 14.9. The number of halogens is 2. The van der Waals surface area contributed by atoms with E-state index < -0.39 is 95.1 Å². The van der Waals surface area contributed by atoms with Gasteiger partial charge in [-0.15, -0.1) is 0 Å². The smallest absolute Gasteiger partial charge is 0.744 e. The van der Waals surface area contributed by atoms with Crippen LogP contribution in [0.4, 0.5) is 22.7 Å². The summed E-state index contributed by atoms with van der Waals surface area (Å²) in [5, 5.41) is 2.68. The van der Waals surface area contributed by atoms with E-state index in [-0.39, 0.29) is 100 Å². The minimum absolute atomic E-state index is 0.